The lowest BCUT2D eigenvalue weighted by atomic mass is 9.65. The van der Waals surface area contributed by atoms with E-state index in [1.165, 1.54) is 93.9 Å². The third-order valence-electron chi connectivity index (χ3n) is 10.6. The Kier molecular flexibility index (Phi) is 4.90. The van der Waals surface area contributed by atoms with Crippen LogP contribution in [0.3, 0.4) is 0 Å². The zero-order valence-corrected chi connectivity index (χ0v) is 25.4. The van der Waals surface area contributed by atoms with Gasteiger partial charge in [0.05, 0.1) is 5.69 Å². The molecule has 1 heteroatoms. The van der Waals surface area contributed by atoms with E-state index >= 15 is 0 Å². The number of para-hydroxylation sites is 1. The van der Waals surface area contributed by atoms with Crippen LogP contribution in [0.15, 0.2) is 139 Å². The van der Waals surface area contributed by atoms with Crippen LogP contribution >= 0.6 is 0 Å². The molecule has 2 bridgehead atoms. The van der Waals surface area contributed by atoms with Crippen molar-refractivity contribution >= 4 is 60.9 Å². The largest absolute Gasteiger partial charge is 0.313 e. The highest BCUT2D eigenvalue weighted by Gasteiger charge is 2.40. The van der Waals surface area contributed by atoms with E-state index in [0.717, 1.165) is 6.42 Å². The van der Waals surface area contributed by atoms with Crippen molar-refractivity contribution in [3.05, 3.63) is 173 Å². The molecule has 0 N–H and O–H groups in total. The number of anilines is 2. The van der Waals surface area contributed by atoms with Gasteiger partial charge in [-0.2, -0.15) is 0 Å². The molecule has 10 rings (SSSR count). The molecular formula is C44H31N. The summed E-state index contributed by atoms with van der Waals surface area (Å²) in [6.45, 7) is 4.77. The summed E-state index contributed by atoms with van der Waals surface area (Å²) in [6.07, 6.45) is 3.35. The molecule has 2 aliphatic carbocycles. The maximum absolute atomic E-state index is 2.52. The molecule has 0 fully saturated rings. The summed E-state index contributed by atoms with van der Waals surface area (Å²) < 4.78 is 0. The molecule has 212 valence electrons. The molecule has 1 aliphatic heterocycles. The predicted molar refractivity (Wildman–Crippen MR) is 191 cm³/mol. The molecule has 7 aromatic rings. The van der Waals surface area contributed by atoms with E-state index in [1.54, 1.807) is 0 Å². The van der Waals surface area contributed by atoms with Gasteiger partial charge in [0, 0.05) is 28.8 Å². The zero-order valence-electron chi connectivity index (χ0n) is 25.4. The van der Waals surface area contributed by atoms with Crippen molar-refractivity contribution in [1.29, 1.82) is 0 Å². The predicted octanol–water partition coefficient (Wildman–Crippen LogP) is 11.6. The van der Waals surface area contributed by atoms with E-state index in [-0.39, 0.29) is 5.41 Å². The normalized spacial score (nSPS) is 15.9. The van der Waals surface area contributed by atoms with Crippen molar-refractivity contribution in [3.8, 4) is 0 Å². The van der Waals surface area contributed by atoms with E-state index in [1.807, 2.05) is 0 Å². The van der Waals surface area contributed by atoms with Crippen LogP contribution in [0, 0.1) is 0 Å². The standard InChI is InChI=1S/C44H31N/c1-44(2)39-19-9-7-18-36(39)43-38-26-29(24-27-12-11-20-40(44)42(27)43)45(41-21-10-8-17-35(38)41)28-22-23-34-32-15-4-3-13-30(32)31-14-5-6-16-33(31)37(34)25-28/h3-25H,26H2,1-2H3. The molecule has 45 heavy (non-hydrogen) atoms. The number of fused-ring (bicyclic) bond motifs is 12. The van der Waals surface area contributed by atoms with Crippen LogP contribution in [0.4, 0.5) is 11.4 Å². The fourth-order valence-electron chi connectivity index (χ4n) is 8.62. The van der Waals surface area contributed by atoms with Crippen molar-refractivity contribution in [2.24, 2.45) is 0 Å². The maximum Gasteiger partial charge on any atom is 0.0534 e. The van der Waals surface area contributed by atoms with Crippen molar-refractivity contribution in [2.75, 3.05) is 4.90 Å². The minimum atomic E-state index is -0.0790. The van der Waals surface area contributed by atoms with E-state index in [2.05, 4.69) is 158 Å². The van der Waals surface area contributed by atoms with Gasteiger partial charge in [0.25, 0.3) is 0 Å². The minimum absolute atomic E-state index is 0.0790. The molecule has 0 saturated carbocycles. The molecule has 0 atom stereocenters. The third kappa shape index (κ3) is 3.28. The lowest BCUT2D eigenvalue weighted by Crippen LogP contribution is -2.27. The highest BCUT2D eigenvalue weighted by atomic mass is 15.2. The van der Waals surface area contributed by atoms with E-state index in [4.69, 9.17) is 0 Å². The van der Waals surface area contributed by atoms with E-state index in [0.29, 0.717) is 0 Å². The summed E-state index contributed by atoms with van der Waals surface area (Å²) in [6, 6.07) is 49.8. The second kappa shape index (κ2) is 8.83. The Bertz CT molecular complexity index is 2450. The molecule has 1 heterocycles. The van der Waals surface area contributed by atoms with Gasteiger partial charge >= 0.3 is 0 Å². The molecule has 7 aromatic carbocycles. The molecule has 0 aromatic heterocycles. The number of rotatable bonds is 1. The second-order valence-electron chi connectivity index (χ2n) is 13.3. The molecule has 0 amide bonds. The summed E-state index contributed by atoms with van der Waals surface area (Å²) >= 11 is 0. The van der Waals surface area contributed by atoms with Crippen molar-refractivity contribution in [1.82, 2.24) is 0 Å². The van der Waals surface area contributed by atoms with Crippen LogP contribution in [0.5, 0.6) is 0 Å². The van der Waals surface area contributed by atoms with Crippen molar-refractivity contribution < 1.29 is 0 Å². The number of hydrogen-bond acceptors (Lipinski definition) is 1. The van der Waals surface area contributed by atoms with Gasteiger partial charge in [-0.3, -0.25) is 0 Å². The topological polar surface area (TPSA) is 3.24 Å². The SMILES string of the molecule is CC1(C)c2ccccc2C2=C3CC(=Cc4cccc1c42)N(c1ccc2c4ccccc4c4ccccc4c2c1)c1ccccc13. The lowest BCUT2D eigenvalue weighted by molar-refractivity contribution is 0.630. The fourth-order valence-corrected chi connectivity index (χ4v) is 8.62. The fraction of sp³-hybridized carbons (Fsp3) is 0.0909. The summed E-state index contributed by atoms with van der Waals surface area (Å²) in [4.78, 5) is 2.52. The van der Waals surface area contributed by atoms with Crippen molar-refractivity contribution in [2.45, 2.75) is 25.7 Å². The van der Waals surface area contributed by atoms with Gasteiger partial charge in [-0.1, -0.05) is 129 Å². The summed E-state index contributed by atoms with van der Waals surface area (Å²) in [5.41, 5.74) is 14.8. The number of hydrogen-bond donors (Lipinski definition) is 0. The number of allylic oxidation sites excluding steroid dienone is 1. The first kappa shape index (κ1) is 25.0. The van der Waals surface area contributed by atoms with Crippen LogP contribution < -0.4 is 4.90 Å². The molecule has 3 aliphatic rings. The first-order valence-corrected chi connectivity index (χ1v) is 16.0. The van der Waals surface area contributed by atoms with E-state index in [9.17, 15) is 0 Å². The lowest BCUT2D eigenvalue weighted by Gasteiger charge is -2.39. The molecular weight excluding hydrogens is 542 g/mol. The van der Waals surface area contributed by atoms with Gasteiger partial charge in [-0.15, -0.1) is 0 Å². The van der Waals surface area contributed by atoms with Crippen molar-refractivity contribution in [3.63, 3.8) is 0 Å². The quantitative estimate of drug-likeness (QED) is 0.177. The van der Waals surface area contributed by atoms with Crippen LogP contribution in [0.25, 0.3) is 49.5 Å². The summed E-state index contributed by atoms with van der Waals surface area (Å²) in [5.74, 6) is 0. The molecule has 0 radical (unpaired) electrons. The van der Waals surface area contributed by atoms with Gasteiger partial charge in [0.15, 0.2) is 0 Å². The Balaban J connectivity index is 1.29. The Labute approximate surface area is 263 Å². The first-order chi connectivity index (χ1) is 22.1. The molecule has 0 saturated heterocycles. The second-order valence-corrected chi connectivity index (χ2v) is 13.3. The average Bonchev–Trinajstić information content (AvgIpc) is 3.23. The van der Waals surface area contributed by atoms with E-state index < -0.39 is 0 Å². The van der Waals surface area contributed by atoms with Crippen LogP contribution in [0.1, 0.15) is 53.6 Å². The van der Waals surface area contributed by atoms with Gasteiger partial charge in [0.1, 0.15) is 0 Å². The average molecular weight is 574 g/mol. The summed E-state index contributed by atoms with van der Waals surface area (Å²) in [5, 5.41) is 7.83. The Morgan fingerprint density at radius 1 is 0.533 bits per heavy atom. The Morgan fingerprint density at radius 2 is 1.13 bits per heavy atom. The molecule has 0 spiro atoms. The van der Waals surface area contributed by atoms with Gasteiger partial charge < -0.3 is 4.90 Å². The maximum atomic E-state index is 2.52. The zero-order chi connectivity index (χ0) is 29.9. The van der Waals surface area contributed by atoms with Crippen LogP contribution in [-0.2, 0) is 5.41 Å². The Morgan fingerprint density at radius 3 is 1.89 bits per heavy atom. The third-order valence-corrected chi connectivity index (χ3v) is 10.6. The molecule has 0 unspecified atom stereocenters. The monoisotopic (exact) mass is 573 g/mol. The number of nitrogens with zero attached hydrogens (tertiary/aromatic N) is 1. The van der Waals surface area contributed by atoms with Gasteiger partial charge in [-0.05, 0) is 95.6 Å². The first-order valence-electron chi connectivity index (χ1n) is 16.0. The highest BCUT2D eigenvalue weighted by molar-refractivity contribution is 6.26. The van der Waals surface area contributed by atoms with Gasteiger partial charge in [0.2, 0.25) is 0 Å². The highest BCUT2D eigenvalue weighted by Crippen LogP contribution is 2.56. The molecule has 1 nitrogen and oxygen atoms in total. The smallest absolute Gasteiger partial charge is 0.0534 e. The summed E-state index contributed by atoms with van der Waals surface area (Å²) in [7, 11) is 0. The minimum Gasteiger partial charge on any atom is -0.313 e. The van der Waals surface area contributed by atoms with Gasteiger partial charge in [-0.25, -0.2) is 0 Å². The van der Waals surface area contributed by atoms with Crippen LogP contribution in [0.2, 0.25) is 0 Å². The number of benzene rings is 7. The van der Waals surface area contributed by atoms with Crippen LogP contribution in [-0.4, -0.2) is 0 Å². The Hall–Kier alpha value is -5.40.